The van der Waals surface area contributed by atoms with Gasteiger partial charge in [0.15, 0.2) is 0 Å². The van der Waals surface area contributed by atoms with Crippen LogP contribution >= 0.6 is 23.1 Å². The number of H-pyrrole nitrogens is 1. The fraction of sp³-hybridized carbons (Fsp3) is 0.357. The molecule has 7 atom stereocenters. The van der Waals surface area contributed by atoms with Gasteiger partial charge in [0.1, 0.15) is 11.5 Å². The van der Waals surface area contributed by atoms with Crippen molar-refractivity contribution in [2.24, 2.45) is 29.6 Å². The van der Waals surface area contributed by atoms with Crippen LogP contribution in [0, 0.1) is 29.6 Å². The molecule has 3 fully saturated rings. The van der Waals surface area contributed by atoms with Crippen LogP contribution in [0.3, 0.4) is 0 Å². The number of ether oxygens (including phenoxy) is 1. The van der Waals surface area contributed by atoms with Gasteiger partial charge in [-0.25, -0.2) is 0 Å². The first-order valence-electron chi connectivity index (χ1n) is 12.7. The zero-order chi connectivity index (χ0) is 26.1. The Morgan fingerprint density at radius 2 is 1.74 bits per heavy atom. The molecule has 194 valence electrons. The number of carboxylic acids is 1. The summed E-state index contributed by atoms with van der Waals surface area (Å²) < 4.78 is 6.11. The molecule has 2 amide bonds. The van der Waals surface area contributed by atoms with Crippen molar-refractivity contribution in [1.82, 2.24) is 9.88 Å². The smallest absolute Gasteiger partial charge is 0.305 e. The van der Waals surface area contributed by atoms with Gasteiger partial charge in [0.2, 0.25) is 11.8 Å². The molecule has 1 aromatic heterocycles. The van der Waals surface area contributed by atoms with Crippen LogP contribution in [0.1, 0.15) is 29.2 Å². The molecule has 2 aromatic carbocycles. The van der Waals surface area contributed by atoms with Crippen LogP contribution in [0.4, 0.5) is 0 Å². The standard InChI is InChI=1S/C28H24N2O6S2/c31-18(32)9-10-30-26(33)21-16-12-17(22(21)27(30)34)23-20(16)19(24-25(37-23)29-28(35)38-24)13-5-4-8-15(11-13)36-14-6-2-1-3-7-14/h1-8,11,16-17,19-23H,9-10,12H2,(H,29,35)(H,31,32). The van der Waals surface area contributed by atoms with Crippen molar-refractivity contribution in [2.45, 2.75) is 29.0 Å². The molecule has 0 radical (unpaired) electrons. The highest BCUT2D eigenvalue weighted by Gasteiger charge is 2.69. The lowest BCUT2D eigenvalue weighted by molar-refractivity contribution is -0.142. The average Bonchev–Trinajstić information content (AvgIpc) is 3.62. The Bertz CT molecular complexity index is 1520. The van der Waals surface area contributed by atoms with E-state index in [-0.39, 0.29) is 58.6 Å². The Hall–Kier alpha value is -3.37. The molecule has 8 nitrogen and oxygen atoms in total. The number of aliphatic carboxylic acids is 1. The first-order chi connectivity index (χ1) is 18.4. The number of thiazole rings is 1. The maximum Gasteiger partial charge on any atom is 0.305 e. The monoisotopic (exact) mass is 548 g/mol. The van der Waals surface area contributed by atoms with Crippen LogP contribution in [-0.4, -0.2) is 44.6 Å². The van der Waals surface area contributed by atoms with E-state index in [0.29, 0.717) is 5.75 Å². The van der Waals surface area contributed by atoms with E-state index in [1.54, 1.807) is 11.8 Å². The summed E-state index contributed by atoms with van der Waals surface area (Å²) >= 11 is 2.85. The molecule has 7 rings (SSSR count). The predicted octanol–water partition coefficient (Wildman–Crippen LogP) is 4.18. The quantitative estimate of drug-likeness (QED) is 0.444. The van der Waals surface area contributed by atoms with Crippen molar-refractivity contribution in [3.63, 3.8) is 0 Å². The van der Waals surface area contributed by atoms with Crippen LogP contribution in [0.15, 0.2) is 64.4 Å². The van der Waals surface area contributed by atoms with Crippen LogP contribution in [0.25, 0.3) is 0 Å². The number of thioether (sulfide) groups is 1. The number of benzene rings is 2. The predicted molar refractivity (Wildman–Crippen MR) is 140 cm³/mol. The van der Waals surface area contributed by atoms with E-state index in [0.717, 1.165) is 27.6 Å². The van der Waals surface area contributed by atoms with Crippen LogP contribution in [0.2, 0.25) is 0 Å². The number of hydrogen-bond donors (Lipinski definition) is 2. The van der Waals surface area contributed by atoms with Gasteiger partial charge in [0.05, 0.1) is 23.3 Å². The van der Waals surface area contributed by atoms with Gasteiger partial charge >= 0.3 is 10.8 Å². The van der Waals surface area contributed by atoms with E-state index in [4.69, 9.17) is 9.84 Å². The summed E-state index contributed by atoms with van der Waals surface area (Å²) in [6.07, 6.45) is 0.543. The molecule has 3 aromatic rings. The second-order valence-corrected chi connectivity index (χ2v) is 12.6. The molecule has 10 heteroatoms. The number of rotatable bonds is 6. The van der Waals surface area contributed by atoms with Gasteiger partial charge in [0, 0.05) is 22.6 Å². The number of aromatic amines is 1. The number of likely N-dealkylation sites (tertiary alicyclic amines) is 1. The SMILES string of the molecule is O=C(O)CCN1C(=O)C2C3CC(C2C1=O)C1C(c2cccc(Oc4ccccc4)c2)c2sc(=O)[nH]c2SC31. The highest BCUT2D eigenvalue weighted by Crippen LogP contribution is 2.68. The minimum absolute atomic E-state index is 0.00841. The number of carboxylic acid groups (broad SMARTS) is 1. The minimum Gasteiger partial charge on any atom is -0.481 e. The summed E-state index contributed by atoms with van der Waals surface area (Å²) in [4.78, 5) is 55.5. The van der Waals surface area contributed by atoms with Gasteiger partial charge in [-0.2, -0.15) is 0 Å². The molecule has 0 spiro atoms. The van der Waals surface area contributed by atoms with E-state index in [9.17, 15) is 19.2 Å². The highest BCUT2D eigenvalue weighted by atomic mass is 32.2. The largest absolute Gasteiger partial charge is 0.481 e. The van der Waals surface area contributed by atoms with Gasteiger partial charge in [-0.15, -0.1) is 11.8 Å². The van der Waals surface area contributed by atoms with Gasteiger partial charge in [-0.1, -0.05) is 41.7 Å². The summed E-state index contributed by atoms with van der Waals surface area (Å²) in [6, 6.07) is 17.5. The number of imide groups is 1. The zero-order valence-electron chi connectivity index (χ0n) is 20.1. The maximum absolute atomic E-state index is 13.5. The van der Waals surface area contributed by atoms with Gasteiger partial charge in [-0.3, -0.25) is 24.1 Å². The van der Waals surface area contributed by atoms with Crippen molar-refractivity contribution < 1.29 is 24.2 Å². The molecule has 2 aliphatic carbocycles. The fourth-order valence-corrected chi connectivity index (χ4v) is 10.2. The van der Waals surface area contributed by atoms with E-state index in [1.807, 2.05) is 54.6 Å². The van der Waals surface area contributed by atoms with Crippen molar-refractivity contribution in [3.8, 4) is 11.5 Å². The van der Waals surface area contributed by atoms with E-state index in [1.165, 1.54) is 16.2 Å². The van der Waals surface area contributed by atoms with E-state index >= 15 is 0 Å². The Balaban J connectivity index is 1.27. The van der Waals surface area contributed by atoms with Crippen molar-refractivity contribution in [3.05, 3.63) is 74.7 Å². The molecule has 7 unspecified atom stereocenters. The second-order valence-electron chi connectivity index (χ2n) is 10.4. The molecule has 3 heterocycles. The summed E-state index contributed by atoms with van der Waals surface area (Å²) in [7, 11) is 0. The minimum atomic E-state index is -1.03. The van der Waals surface area contributed by atoms with Crippen LogP contribution in [-0.2, 0) is 14.4 Å². The maximum atomic E-state index is 13.5. The summed E-state index contributed by atoms with van der Waals surface area (Å²) in [5.74, 6) is -0.925. The van der Waals surface area contributed by atoms with Gasteiger partial charge < -0.3 is 14.8 Å². The third-order valence-electron chi connectivity index (χ3n) is 8.56. The Morgan fingerprint density at radius 1 is 1.00 bits per heavy atom. The van der Waals surface area contributed by atoms with E-state index in [2.05, 4.69) is 4.98 Å². The molecule has 38 heavy (non-hydrogen) atoms. The number of para-hydroxylation sites is 1. The average molecular weight is 549 g/mol. The first kappa shape index (κ1) is 23.7. The number of fused-ring (bicyclic) bond motifs is 9. The number of amides is 2. The number of carbonyl (C=O) groups is 3. The third-order valence-corrected chi connectivity index (χ3v) is 11.1. The molecule has 2 aliphatic heterocycles. The lowest BCUT2D eigenvalue weighted by Gasteiger charge is -2.43. The number of nitrogens with zero attached hydrogens (tertiary/aromatic N) is 1. The van der Waals surface area contributed by atoms with Crippen LogP contribution in [0.5, 0.6) is 11.5 Å². The fourth-order valence-electron chi connectivity index (χ4n) is 7.28. The summed E-state index contributed by atoms with van der Waals surface area (Å²) in [6.45, 7) is -0.0785. The Morgan fingerprint density at radius 3 is 2.50 bits per heavy atom. The lowest BCUT2D eigenvalue weighted by atomic mass is 9.68. The normalized spacial score (nSPS) is 30.7. The summed E-state index contributed by atoms with van der Waals surface area (Å²) in [5.41, 5.74) is 1.02. The number of nitrogens with one attached hydrogen (secondary N) is 1. The molecule has 4 aliphatic rings. The second kappa shape index (κ2) is 8.84. The number of aromatic nitrogens is 1. The van der Waals surface area contributed by atoms with E-state index < -0.39 is 17.8 Å². The van der Waals surface area contributed by atoms with Crippen LogP contribution < -0.4 is 9.61 Å². The lowest BCUT2D eigenvalue weighted by Crippen LogP contribution is -2.42. The molecule has 1 saturated heterocycles. The molecular formula is C28H24N2O6S2. The third kappa shape index (κ3) is 3.57. The van der Waals surface area contributed by atoms with Crippen molar-refractivity contribution >= 4 is 40.9 Å². The number of hydrogen-bond acceptors (Lipinski definition) is 7. The van der Waals surface area contributed by atoms with Gasteiger partial charge in [0.25, 0.3) is 0 Å². The molecule has 2 N–H and O–H groups in total. The van der Waals surface area contributed by atoms with Gasteiger partial charge in [-0.05, 0) is 54.0 Å². The molecule has 2 bridgehead atoms. The van der Waals surface area contributed by atoms with Crippen molar-refractivity contribution in [2.75, 3.05) is 6.54 Å². The zero-order valence-corrected chi connectivity index (χ0v) is 21.7. The Labute approximate surface area is 226 Å². The molecule has 2 saturated carbocycles. The molecular weight excluding hydrogens is 524 g/mol. The highest BCUT2D eigenvalue weighted by molar-refractivity contribution is 8.00. The number of carbonyl (C=O) groups excluding carboxylic acids is 2. The summed E-state index contributed by atoms with van der Waals surface area (Å²) in [5, 5.41) is 10.1. The topological polar surface area (TPSA) is 117 Å². The first-order valence-corrected chi connectivity index (χ1v) is 14.4. The van der Waals surface area contributed by atoms with Crippen molar-refractivity contribution in [1.29, 1.82) is 0 Å². The Kier molecular flexibility index (Phi) is 5.52.